The first kappa shape index (κ1) is 13.5. The quantitative estimate of drug-likeness (QED) is 0.822. The average Bonchev–Trinajstić information content (AvgIpc) is 2.72. The molecule has 1 aliphatic rings. The number of phenols is 1. The van der Waals surface area contributed by atoms with Gasteiger partial charge in [0.1, 0.15) is 6.10 Å². The van der Waals surface area contributed by atoms with Gasteiger partial charge in [-0.3, -0.25) is 4.79 Å². The molecule has 1 saturated heterocycles. The van der Waals surface area contributed by atoms with Crippen molar-refractivity contribution < 1.29 is 14.6 Å². The lowest BCUT2D eigenvalue weighted by atomic mass is 10.2. The van der Waals surface area contributed by atoms with Crippen LogP contribution >= 0.6 is 23.2 Å². The normalized spacial score (nSPS) is 23.1. The number of amides is 1. The summed E-state index contributed by atoms with van der Waals surface area (Å²) in [4.78, 5) is 11.9. The maximum atomic E-state index is 11.9. The van der Waals surface area contributed by atoms with E-state index >= 15 is 0 Å². The highest BCUT2D eigenvalue weighted by molar-refractivity contribution is 6.36. The number of phenolic OH excluding ortho intramolecular Hbond substituents is 1. The van der Waals surface area contributed by atoms with Gasteiger partial charge < -0.3 is 15.2 Å². The first-order valence-electron chi connectivity index (χ1n) is 5.61. The molecule has 0 bridgehead atoms. The van der Waals surface area contributed by atoms with Gasteiger partial charge in [0.25, 0.3) is 5.91 Å². The highest BCUT2D eigenvalue weighted by Gasteiger charge is 2.28. The van der Waals surface area contributed by atoms with E-state index in [1.807, 2.05) is 6.92 Å². The maximum absolute atomic E-state index is 11.9. The first-order chi connectivity index (χ1) is 8.47. The number of rotatable bonds is 2. The Labute approximate surface area is 115 Å². The van der Waals surface area contributed by atoms with Crippen LogP contribution in [-0.2, 0) is 9.53 Å². The molecule has 2 rings (SSSR count). The van der Waals surface area contributed by atoms with E-state index in [-0.39, 0.29) is 28.5 Å². The molecule has 1 aromatic rings. The van der Waals surface area contributed by atoms with Crippen molar-refractivity contribution in [3.05, 3.63) is 22.2 Å². The number of hydrogen-bond acceptors (Lipinski definition) is 3. The number of carbonyl (C=O) groups is 1. The van der Waals surface area contributed by atoms with Gasteiger partial charge in [0.05, 0.1) is 16.8 Å². The lowest BCUT2D eigenvalue weighted by molar-refractivity contribution is -0.126. The minimum Gasteiger partial charge on any atom is -0.504 e. The van der Waals surface area contributed by atoms with Crippen LogP contribution in [0.1, 0.15) is 19.8 Å². The van der Waals surface area contributed by atoms with Crippen LogP contribution in [0.15, 0.2) is 12.1 Å². The molecule has 0 aromatic heterocycles. The van der Waals surface area contributed by atoms with Gasteiger partial charge in [0, 0.05) is 5.02 Å². The lowest BCUT2D eigenvalue weighted by Gasteiger charge is -2.13. The number of aromatic hydroxyl groups is 1. The second-order valence-electron chi connectivity index (χ2n) is 4.29. The van der Waals surface area contributed by atoms with Crippen LogP contribution in [0, 0.1) is 0 Å². The molecule has 2 N–H and O–H groups in total. The van der Waals surface area contributed by atoms with E-state index in [2.05, 4.69) is 5.32 Å². The summed E-state index contributed by atoms with van der Waals surface area (Å²) in [6.45, 7) is 1.92. The molecule has 6 heteroatoms. The molecule has 0 radical (unpaired) electrons. The van der Waals surface area contributed by atoms with Crippen molar-refractivity contribution in [1.29, 1.82) is 0 Å². The van der Waals surface area contributed by atoms with Crippen LogP contribution < -0.4 is 5.32 Å². The van der Waals surface area contributed by atoms with Crippen LogP contribution in [0.2, 0.25) is 10.0 Å². The van der Waals surface area contributed by atoms with Crippen molar-refractivity contribution in [3.63, 3.8) is 0 Å². The summed E-state index contributed by atoms with van der Waals surface area (Å²) in [6, 6.07) is 2.85. The van der Waals surface area contributed by atoms with E-state index in [4.69, 9.17) is 27.9 Å². The van der Waals surface area contributed by atoms with Crippen LogP contribution in [0.5, 0.6) is 5.75 Å². The molecule has 1 fully saturated rings. The van der Waals surface area contributed by atoms with Crippen LogP contribution in [0.25, 0.3) is 0 Å². The molecule has 0 saturated carbocycles. The molecule has 98 valence electrons. The Morgan fingerprint density at radius 3 is 2.78 bits per heavy atom. The van der Waals surface area contributed by atoms with Gasteiger partial charge in [0.2, 0.25) is 0 Å². The summed E-state index contributed by atoms with van der Waals surface area (Å²) in [5.41, 5.74) is 0.195. The van der Waals surface area contributed by atoms with Crippen LogP contribution in [0.4, 0.5) is 5.69 Å². The molecule has 1 heterocycles. The Morgan fingerprint density at radius 2 is 2.17 bits per heavy atom. The molecular formula is C12H13Cl2NO3. The summed E-state index contributed by atoms with van der Waals surface area (Å²) in [5.74, 6) is -0.492. The van der Waals surface area contributed by atoms with Gasteiger partial charge in [-0.1, -0.05) is 23.2 Å². The molecule has 2 atom stereocenters. The Kier molecular flexibility index (Phi) is 4.00. The third kappa shape index (κ3) is 2.88. The fourth-order valence-corrected chi connectivity index (χ4v) is 2.36. The number of carbonyl (C=O) groups excluding carboxylic acids is 1. The van der Waals surface area contributed by atoms with E-state index in [1.165, 1.54) is 12.1 Å². The minimum absolute atomic E-state index is 0.0808. The van der Waals surface area contributed by atoms with Crippen LogP contribution in [-0.4, -0.2) is 23.2 Å². The number of benzene rings is 1. The zero-order valence-corrected chi connectivity index (χ0v) is 11.3. The molecule has 0 aliphatic carbocycles. The Hall–Kier alpha value is -0.970. The second-order valence-corrected chi connectivity index (χ2v) is 5.13. The van der Waals surface area contributed by atoms with E-state index in [1.54, 1.807) is 0 Å². The van der Waals surface area contributed by atoms with Gasteiger partial charge in [0.15, 0.2) is 5.75 Å². The Balaban J connectivity index is 2.12. The summed E-state index contributed by atoms with van der Waals surface area (Å²) < 4.78 is 5.44. The number of nitrogens with one attached hydrogen (secondary N) is 1. The maximum Gasteiger partial charge on any atom is 0.253 e. The van der Waals surface area contributed by atoms with Crippen molar-refractivity contribution in [2.24, 2.45) is 0 Å². The van der Waals surface area contributed by atoms with Gasteiger partial charge in [-0.15, -0.1) is 0 Å². The topological polar surface area (TPSA) is 58.6 Å². The van der Waals surface area contributed by atoms with Gasteiger partial charge >= 0.3 is 0 Å². The average molecular weight is 290 g/mol. The largest absolute Gasteiger partial charge is 0.504 e. The molecular weight excluding hydrogens is 277 g/mol. The highest BCUT2D eigenvalue weighted by Crippen LogP contribution is 2.35. The number of hydrogen-bond donors (Lipinski definition) is 2. The lowest BCUT2D eigenvalue weighted by Crippen LogP contribution is -2.27. The minimum atomic E-state index is -0.489. The first-order valence-corrected chi connectivity index (χ1v) is 6.37. The van der Waals surface area contributed by atoms with Crippen molar-refractivity contribution in [1.82, 2.24) is 0 Å². The number of anilines is 1. The summed E-state index contributed by atoms with van der Waals surface area (Å²) in [5, 5.41) is 12.7. The van der Waals surface area contributed by atoms with E-state index in [0.29, 0.717) is 11.4 Å². The monoisotopic (exact) mass is 289 g/mol. The van der Waals surface area contributed by atoms with Crippen LogP contribution in [0.3, 0.4) is 0 Å². The Morgan fingerprint density at radius 1 is 1.44 bits per heavy atom. The Bertz CT molecular complexity index is 479. The zero-order chi connectivity index (χ0) is 13.3. The molecule has 4 nitrogen and oxygen atoms in total. The van der Waals surface area contributed by atoms with E-state index in [9.17, 15) is 9.90 Å². The fraction of sp³-hybridized carbons (Fsp3) is 0.417. The predicted octanol–water partition coefficient (Wildman–Crippen LogP) is 3.21. The molecule has 1 amide bonds. The third-order valence-electron chi connectivity index (χ3n) is 2.81. The van der Waals surface area contributed by atoms with Crippen molar-refractivity contribution in [2.45, 2.75) is 32.0 Å². The summed E-state index contributed by atoms with van der Waals surface area (Å²) >= 11 is 11.6. The summed E-state index contributed by atoms with van der Waals surface area (Å²) in [6.07, 6.45) is 1.11. The highest BCUT2D eigenvalue weighted by atomic mass is 35.5. The van der Waals surface area contributed by atoms with E-state index in [0.717, 1.165) is 6.42 Å². The molecule has 2 unspecified atom stereocenters. The zero-order valence-electron chi connectivity index (χ0n) is 9.74. The fourth-order valence-electron chi connectivity index (χ4n) is 1.87. The number of ether oxygens (including phenoxy) is 1. The van der Waals surface area contributed by atoms with Crippen molar-refractivity contribution >= 4 is 34.8 Å². The van der Waals surface area contributed by atoms with Gasteiger partial charge in [-0.2, -0.15) is 0 Å². The molecule has 1 aliphatic heterocycles. The van der Waals surface area contributed by atoms with Crippen molar-refractivity contribution in [2.75, 3.05) is 5.32 Å². The van der Waals surface area contributed by atoms with E-state index < -0.39 is 6.10 Å². The van der Waals surface area contributed by atoms with Gasteiger partial charge in [-0.25, -0.2) is 0 Å². The second kappa shape index (κ2) is 5.34. The summed E-state index contributed by atoms with van der Waals surface area (Å²) in [7, 11) is 0. The third-order valence-corrected chi connectivity index (χ3v) is 3.32. The molecule has 18 heavy (non-hydrogen) atoms. The SMILES string of the molecule is CC1CCC(C(=O)Nc2cc(Cl)cc(Cl)c2O)O1. The van der Waals surface area contributed by atoms with Crippen molar-refractivity contribution in [3.8, 4) is 5.75 Å². The predicted molar refractivity (Wildman–Crippen MR) is 70.3 cm³/mol. The number of halogens is 2. The molecule has 0 spiro atoms. The molecule has 1 aromatic carbocycles. The standard InChI is InChI=1S/C12H13Cl2NO3/c1-6-2-3-10(18-6)12(17)15-9-5-7(13)4-8(14)11(9)16/h4-6,10,16H,2-3H2,1H3,(H,15,17). The van der Waals surface area contributed by atoms with Gasteiger partial charge in [-0.05, 0) is 31.9 Å². The smallest absolute Gasteiger partial charge is 0.253 e.